The molecule has 0 aromatic carbocycles. The van der Waals surface area contributed by atoms with Gasteiger partial charge in [-0.15, -0.1) is 11.3 Å². The fraction of sp³-hybridized carbons (Fsp3) is 0.760. The minimum absolute atomic E-state index is 0.00646. The minimum Gasteiger partial charge on any atom is -0.394 e. The average molecular weight is 493 g/mol. The van der Waals surface area contributed by atoms with E-state index in [-0.39, 0.29) is 17.8 Å². The van der Waals surface area contributed by atoms with Crippen LogP contribution < -0.4 is 5.84 Å². The fourth-order valence-electron chi connectivity index (χ4n) is 5.50. The van der Waals surface area contributed by atoms with E-state index < -0.39 is 0 Å². The summed E-state index contributed by atoms with van der Waals surface area (Å²) in [5, 5.41) is 13.2. The van der Waals surface area contributed by atoms with E-state index in [1.54, 1.807) is 6.21 Å². The molecule has 4 rings (SSSR count). The molecule has 2 saturated heterocycles. The van der Waals surface area contributed by atoms with Crippen molar-refractivity contribution in [3.05, 3.63) is 21.4 Å². The third-order valence-corrected chi connectivity index (χ3v) is 8.85. The van der Waals surface area contributed by atoms with Gasteiger partial charge < -0.3 is 25.2 Å². The first-order valence-corrected chi connectivity index (χ1v) is 13.4. The Labute approximate surface area is 207 Å². The average Bonchev–Trinajstić information content (AvgIpc) is 3.30. The van der Waals surface area contributed by atoms with Crippen LogP contribution in [0.15, 0.2) is 16.2 Å². The molecule has 9 heteroatoms. The van der Waals surface area contributed by atoms with E-state index in [1.807, 2.05) is 11.3 Å². The summed E-state index contributed by atoms with van der Waals surface area (Å²) >= 11 is 1.97. The molecule has 1 aromatic rings. The Hall–Kier alpha value is -1.36. The van der Waals surface area contributed by atoms with E-state index >= 15 is 0 Å². The van der Waals surface area contributed by atoms with Crippen molar-refractivity contribution in [1.82, 2.24) is 4.90 Å². The number of hydrogen-bond donors (Lipinski definition) is 2. The summed E-state index contributed by atoms with van der Waals surface area (Å²) in [6.07, 6.45) is 7.42. The number of fused-ring (bicyclic) bond motifs is 2. The quantitative estimate of drug-likeness (QED) is 0.312. The van der Waals surface area contributed by atoms with Crippen molar-refractivity contribution >= 4 is 23.3 Å². The van der Waals surface area contributed by atoms with Crippen LogP contribution in [-0.2, 0) is 32.7 Å². The van der Waals surface area contributed by atoms with Crippen molar-refractivity contribution in [3.63, 3.8) is 0 Å². The number of nitrogens with two attached hydrogens (primary N) is 1. The second-order valence-electron chi connectivity index (χ2n) is 9.73. The lowest BCUT2D eigenvalue weighted by Gasteiger charge is -2.47. The van der Waals surface area contributed by atoms with Gasteiger partial charge in [-0.3, -0.25) is 9.89 Å². The molecular formula is C25H40N4O4S. The SMILES string of the molecule is CCc1cc2c(s1)CCO[C@@]21CCN(C/C(C=NCC2(OCCO)CCOCC2)=N/N)[C@@H](C)C1. The zero-order valence-corrected chi connectivity index (χ0v) is 21.4. The molecule has 3 aliphatic rings. The van der Waals surface area contributed by atoms with Crippen molar-refractivity contribution in [2.24, 2.45) is 15.9 Å². The Balaban J connectivity index is 1.36. The molecule has 0 saturated carbocycles. The van der Waals surface area contributed by atoms with E-state index in [1.165, 1.54) is 15.3 Å². The Kier molecular flexibility index (Phi) is 8.76. The summed E-state index contributed by atoms with van der Waals surface area (Å²) in [5.74, 6) is 5.75. The summed E-state index contributed by atoms with van der Waals surface area (Å²) in [4.78, 5) is 10.1. The molecule has 0 unspecified atom stereocenters. The zero-order chi connectivity index (χ0) is 24.0. The molecule has 1 spiro atoms. The smallest absolute Gasteiger partial charge is 0.0969 e. The summed E-state index contributed by atoms with van der Waals surface area (Å²) < 4.78 is 17.9. The number of likely N-dealkylation sites (tertiary alicyclic amines) is 1. The zero-order valence-electron chi connectivity index (χ0n) is 20.6. The van der Waals surface area contributed by atoms with Gasteiger partial charge in [-0.2, -0.15) is 5.10 Å². The largest absolute Gasteiger partial charge is 0.394 e. The second kappa shape index (κ2) is 11.6. The van der Waals surface area contributed by atoms with Crippen molar-refractivity contribution < 1.29 is 19.3 Å². The number of hydrazone groups is 1. The Morgan fingerprint density at radius 3 is 2.88 bits per heavy atom. The van der Waals surface area contributed by atoms with E-state index in [9.17, 15) is 5.11 Å². The highest BCUT2D eigenvalue weighted by Crippen LogP contribution is 2.46. The van der Waals surface area contributed by atoms with Crippen LogP contribution in [-0.4, -0.2) is 86.2 Å². The fourth-order valence-corrected chi connectivity index (χ4v) is 6.68. The van der Waals surface area contributed by atoms with Gasteiger partial charge >= 0.3 is 0 Å². The number of ether oxygens (including phenoxy) is 3. The van der Waals surface area contributed by atoms with Crippen LogP contribution in [0, 0.1) is 0 Å². The lowest BCUT2D eigenvalue weighted by molar-refractivity contribution is -0.111. The third kappa shape index (κ3) is 5.71. The summed E-state index contributed by atoms with van der Waals surface area (Å²) in [7, 11) is 0. The van der Waals surface area contributed by atoms with Crippen molar-refractivity contribution in [1.29, 1.82) is 0 Å². The molecule has 34 heavy (non-hydrogen) atoms. The first-order valence-electron chi connectivity index (χ1n) is 12.6. The Morgan fingerprint density at radius 2 is 2.18 bits per heavy atom. The monoisotopic (exact) mass is 492 g/mol. The summed E-state index contributed by atoms with van der Waals surface area (Å²) in [6, 6.07) is 2.75. The van der Waals surface area contributed by atoms with Gasteiger partial charge in [-0.1, -0.05) is 6.92 Å². The van der Waals surface area contributed by atoms with Gasteiger partial charge in [-0.05, 0) is 37.8 Å². The molecule has 2 atom stereocenters. The minimum atomic E-state index is -0.379. The van der Waals surface area contributed by atoms with Gasteiger partial charge in [0.1, 0.15) is 0 Å². The molecule has 8 nitrogen and oxygen atoms in total. The molecule has 0 amide bonds. The maximum atomic E-state index is 9.19. The van der Waals surface area contributed by atoms with Crippen molar-refractivity contribution in [2.45, 2.75) is 69.6 Å². The van der Waals surface area contributed by atoms with Crippen LogP contribution in [0.4, 0.5) is 0 Å². The molecule has 2 fully saturated rings. The van der Waals surface area contributed by atoms with Gasteiger partial charge in [0.2, 0.25) is 0 Å². The highest BCUT2D eigenvalue weighted by atomic mass is 32.1. The number of rotatable bonds is 9. The predicted molar refractivity (Wildman–Crippen MR) is 136 cm³/mol. The van der Waals surface area contributed by atoms with Gasteiger partial charge in [0.05, 0.1) is 43.3 Å². The van der Waals surface area contributed by atoms with Crippen LogP contribution >= 0.6 is 11.3 Å². The number of piperidine rings is 1. The number of aryl methyl sites for hydroxylation is 1. The number of aliphatic hydroxyl groups excluding tert-OH is 1. The molecule has 1 aromatic heterocycles. The summed E-state index contributed by atoms with van der Waals surface area (Å²) in [6.45, 7) is 9.07. The maximum Gasteiger partial charge on any atom is 0.0969 e. The Bertz CT molecular complexity index is 867. The Morgan fingerprint density at radius 1 is 1.35 bits per heavy atom. The van der Waals surface area contributed by atoms with Gasteiger partial charge in [0, 0.05) is 67.6 Å². The van der Waals surface area contributed by atoms with Crippen LogP contribution in [0.5, 0.6) is 0 Å². The lowest BCUT2D eigenvalue weighted by atomic mass is 9.79. The summed E-state index contributed by atoms with van der Waals surface area (Å²) in [5.41, 5.74) is 1.67. The highest BCUT2D eigenvalue weighted by Gasteiger charge is 2.44. The third-order valence-electron chi connectivity index (χ3n) is 7.51. The molecule has 0 bridgehead atoms. The van der Waals surface area contributed by atoms with Crippen LogP contribution in [0.25, 0.3) is 0 Å². The predicted octanol–water partition coefficient (Wildman–Crippen LogP) is 2.51. The van der Waals surface area contributed by atoms with E-state index in [0.29, 0.717) is 39.0 Å². The maximum absolute atomic E-state index is 9.19. The van der Waals surface area contributed by atoms with Crippen LogP contribution in [0.1, 0.15) is 54.8 Å². The van der Waals surface area contributed by atoms with Gasteiger partial charge in [-0.25, -0.2) is 0 Å². The normalized spacial score (nSPS) is 28.0. The molecular weight excluding hydrogens is 452 g/mol. The van der Waals surface area contributed by atoms with Crippen LogP contribution in [0.2, 0.25) is 0 Å². The second-order valence-corrected chi connectivity index (χ2v) is 10.9. The number of aliphatic imine (C=N–C) groups is 1. The van der Waals surface area contributed by atoms with E-state index in [2.05, 4.69) is 34.9 Å². The number of thiophene rings is 1. The molecule has 4 heterocycles. The molecule has 0 aliphatic carbocycles. The van der Waals surface area contributed by atoms with Crippen molar-refractivity contribution in [3.8, 4) is 0 Å². The number of hydrogen-bond acceptors (Lipinski definition) is 9. The topological polar surface area (TPSA) is 102 Å². The molecule has 3 N–H and O–H groups in total. The van der Waals surface area contributed by atoms with Crippen LogP contribution in [0.3, 0.4) is 0 Å². The lowest BCUT2D eigenvalue weighted by Crippen LogP contribution is -2.51. The van der Waals surface area contributed by atoms with Crippen molar-refractivity contribution in [2.75, 3.05) is 52.7 Å². The molecule has 0 radical (unpaired) electrons. The van der Waals surface area contributed by atoms with Gasteiger partial charge in [0.25, 0.3) is 0 Å². The molecule has 190 valence electrons. The van der Waals surface area contributed by atoms with E-state index in [4.69, 9.17) is 20.1 Å². The van der Waals surface area contributed by atoms with E-state index in [0.717, 1.165) is 57.4 Å². The first kappa shape index (κ1) is 25.7. The number of nitrogens with zero attached hydrogens (tertiary/aromatic N) is 3. The number of aliphatic hydroxyl groups is 1. The first-order chi connectivity index (χ1) is 16.5. The van der Waals surface area contributed by atoms with Gasteiger partial charge in [0.15, 0.2) is 0 Å². The highest BCUT2D eigenvalue weighted by molar-refractivity contribution is 7.12. The molecule has 3 aliphatic heterocycles. The standard InChI is InChI=1S/C25H40N4O4S/c1-3-21-14-22-23(34-21)4-10-33-25(22)5-8-29(19(2)15-25)17-20(28-26)16-27-18-24(32-13-9-30)6-11-31-12-7-24/h14,16,19,30H,3-13,15,17-18,26H2,1-2H3/b27-16?,28-20+/t19-,25+/m0/s1.